The van der Waals surface area contributed by atoms with Gasteiger partial charge in [-0.25, -0.2) is 4.98 Å². The van der Waals surface area contributed by atoms with Crippen molar-refractivity contribution in [2.24, 2.45) is 5.73 Å². The van der Waals surface area contributed by atoms with E-state index in [9.17, 15) is 13.2 Å². The molecule has 0 bridgehead atoms. The van der Waals surface area contributed by atoms with Crippen molar-refractivity contribution in [3.63, 3.8) is 0 Å². The minimum Gasteiger partial charge on any atom is -0.393 e. The van der Waals surface area contributed by atoms with E-state index in [4.69, 9.17) is 18.0 Å². The Labute approximate surface area is 114 Å². The number of hydrogen-bond acceptors (Lipinski definition) is 3. The predicted molar refractivity (Wildman–Crippen MR) is 71.0 cm³/mol. The molecule has 1 aromatic rings. The van der Waals surface area contributed by atoms with Crippen LogP contribution in [0.5, 0.6) is 0 Å². The van der Waals surface area contributed by atoms with Gasteiger partial charge in [0.25, 0.3) is 0 Å². The Hall–Kier alpha value is -1.37. The van der Waals surface area contributed by atoms with E-state index in [1.165, 1.54) is 6.20 Å². The summed E-state index contributed by atoms with van der Waals surface area (Å²) in [5.74, 6) is 0.341. The standard InChI is InChI=1S/C12H14F3N3S/c13-12(14,15)8-3-5-17-11(7-8)18(9-1-2-9)6-4-10(16)19/h3,5,7,9H,1-2,4,6H2,(H2,16,19). The average molecular weight is 289 g/mol. The summed E-state index contributed by atoms with van der Waals surface area (Å²) in [5.41, 5.74) is 4.76. The molecule has 104 valence electrons. The van der Waals surface area contributed by atoms with Crippen molar-refractivity contribution < 1.29 is 13.2 Å². The fourth-order valence-electron chi connectivity index (χ4n) is 1.85. The van der Waals surface area contributed by atoms with E-state index in [0.717, 1.165) is 25.0 Å². The third-order valence-electron chi connectivity index (χ3n) is 2.95. The highest BCUT2D eigenvalue weighted by molar-refractivity contribution is 7.80. The highest BCUT2D eigenvalue weighted by Gasteiger charge is 2.34. The molecule has 0 atom stereocenters. The number of hydrogen-bond donors (Lipinski definition) is 1. The molecule has 1 aliphatic carbocycles. The number of nitrogens with zero attached hydrogens (tertiary/aromatic N) is 2. The summed E-state index contributed by atoms with van der Waals surface area (Å²) in [5, 5.41) is 0. The van der Waals surface area contributed by atoms with Gasteiger partial charge in [0, 0.05) is 25.2 Å². The van der Waals surface area contributed by atoms with Crippen LogP contribution in [0.3, 0.4) is 0 Å². The Morgan fingerprint density at radius 2 is 2.16 bits per heavy atom. The molecule has 7 heteroatoms. The lowest BCUT2D eigenvalue weighted by molar-refractivity contribution is -0.137. The van der Waals surface area contributed by atoms with E-state index in [2.05, 4.69) is 4.98 Å². The Morgan fingerprint density at radius 1 is 1.47 bits per heavy atom. The number of halogens is 3. The van der Waals surface area contributed by atoms with Gasteiger partial charge in [-0.2, -0.15) is 13.2 Å². The van der Waals surface area contributed by atoms with Gasteiger partial charge in [0.1, 0.15) is 5.82 Å². The highest BCUT2D eigenvalue weighted by atomic mass is 32.1. The second kappa shape index (κ2) is 5.32. The summed E-state index contributed by atoms with van der Waals surface area (Å²) < 4.78 is 38.0. The van der Waals surface area contributed by atoms with E-state index >= 15 is 0 Å². The molecule has 1 fully saturated rings. The van der Waals surface area contributed by atoms with E-state index in [1.807, 2.05) is 4.90 Å². The number of anilines is 1. The van der Waals surface area contributed by atoms with Gasteiger partial charge < -0.3 is 10.6 Å². The van der Waals surface area contributed by atoms with Crippen molar-refractivity contribution in [3.8, 4) is 0 Å². The van der Waals surface area contributed by atoms with Crippen LogP contribution in [0.4, 0.5) is 19.0 Å². The van der Waals surface area contributed by atoms with Crippen LogP contribution in [0, 0.1) is 0 Å². The topological polar surface area (TPSA) is 42.1 Å². The molecule has 1 saturated carbocycles. The highest BCUT2D eigenvalue weighted by Crippen LogP contribution is 2.34. The SMILES string of the molecule is NC(=S)CCN(c1cc(C(F)(F)F)ccn1)C1CC1. The van der Waals surface area contributed by atoms with Crippen LogP contribution in [-0.4, -0.2) is 22.6 Å². The first-order valence-electron chi connectivity index (χ1n) is 5.96. The number of pyridine rings is 1. The Kier molecular flexibility index (Phi) is 3.93. The number of rotatable bonds is 5. The quantitative estimate of drug-likeness (QED) is 0.846. The smallest absolute Gasteiger partial charge is 0.393 e. The number of alkyl halides is 3. The maximum Gasteiger partial charge on any atom is 0.416 e. The molecule has 19 heavy (non-hydrogen) atoms. The van der Waals surface area contributed by atoms with Crippen molar-refractivity contribution in [1.29, 1.82) is 0 Å². The molecule has 3 nitrogen and oxygen atoms in total. The molecule has 2 N–H and O–H groups in total. The van der Waals surface area contributed by atoms with E-state index in [1.54, 1.807) is 0 Å². The second-order valence-corrected chi connectivity index (χ2v) is 5.07. The summed E-state index contributed by atoms with van der Waals surface area (Å²) in [6, 6.07) is 2.31. The summed E-state index contributed by atoms with van der Waals surface area (Å²) in [6.45, 7) is 0.508. The van der Waals surface area contributed by atoms with Gasteiger partial charge in [-0.05, 0) is 25.0 Å². The predicted octanol–water partition coefficient (Wildman–Crippen LogP) is 2.75. The molecule has 0 saturated heterocycles. The van der Waals surface area contributed by atoms with Crippen molar-refractivity contribution in [2.45, 2.75) is 31.5 Å². The third-order valence-corrected chi connectivity index (χ3v) is 3.16. The van der Waals surface area contributed by atoms with E-state index in [0.29, 0.717) is 23.8 Å². The van der Waals surface area contributed by atoms with Crippen molar-refractivity contribution in [1.82, 2.24) is 4.98 Å². The van der Waals surface area contributed by atoms with Gasteiger partial charge in [0.05, 0.1) is 10.6 Å². The van der Waals surface area contributed by atoms with Crippen LogP contribution in [0.15, 0.2) is 18.3 Å². The van der Waals surface area contributed by atoms with Gasteiger partial charge in [-0.15, -0.1) is 0 Å². The van der Waals surface area contributed by atoms with Crippen LogP contribution in [0.25, 0.3) is 0 Å². The van der Waals surface area contributed by atoms with E-state index < -0.39 is 11.7 Å². The number of aromatic nitrogens is 1. The van der Waals surface area contributed by atoms with Gasteiger partial charge >= 0.3 is 6.18 Å². The fourth-order valence-corrected chi connectivity index (χ4v) is 1.94. The summed E-state index contributed by atoms with van der Waals surface area (Å²) >= 11 is 4.81. The largest absolute Gasteiger partial charge is 0.416 e. The zero-order chi connectivity index (χ0) is 14.0. The maximum atomic E-state index is 12.7. The first-order valence-corrected chi connectivity index (χ1v) is 6.37. The molecular formula is C12H14F3N3S. The number of thiocarbonyl (C=S) groups is 1. The van der Waals surface area contributed by atoms with E-state index in [-0.39, 0.29) is 6.04 Å². The minimum atomic E-state index is -4.35. The monoisotopic (exact) mass is 289 g/mol. The molecule has 1 heterocycles. The molecule has 0 radical (unpaired) electrons. The molecule has 0 aliphatic heterocycles. The summed E-state index contributed by atoms with van der Waals surface area (Å²) in [7, 11) is 0. The first-order chi connectivity index (χ1) is 8.88. The van der Waals surface area contributed by atoms with Crippen LogP contribution in [0.1, 0.15) is 24.8 Å². The van der Waals surface area contributed by atoms with Crippen LogP contribution < -0.4 is 10.6 Å². The Balaban J connectivity index is 2.19. The fraction of sp³-hybridized carbons (Fsp3) is 0.500. The molecule has 0 unspecified atom stereocenters. The summed E-state index contributed by atoms with van der Waals surface area (Å²) in [6.07, 6.45) is -0.751. The molecule has 1 aromatic heterocycles. The lowest BCUT2D eigenvalue weighted by Crippen LogP contribution is -2.30. The molecule has 0 spiro atoms. The first kappa shape index (κ1) is 14.0. The Bertz CT molecular complexity index is 472. The zero-order valence-corrected chi connectivity index (χ0v) is 11.0. The number of nitrogens with two attached hydrogens (primary N) is 1. The third kappa shape index (κ3) is 3.79. The lowest BCUT2D eigenvalue weighted by Gasteiger charge is -2.24. The second-order valence-electron chi connectivity index (χ2n) is 4.54. The molecule has 0 amide bonds. The molecule has 2 rings (SSSR count). The van der Waals surface area contributed by atoms with Crippen LogP contribution in [0.2, 0.25) is 0 Å². The van der Waals surface area contributed by atoms with Crippen molar-refractivity contribution in [2.75, 3.05) is 11.4 Å². The van der Waals surface area contributed by atoms with Crippen molar-refractivity contribution in [3.05, 3.63) is 23.9 Å². The van der Waals surface area contributed by atoms with Crippen LogP contribution in [-0.2, 0) is 6.18 Å². The molecular weight excluding hydrogens is 275 g/mol. The normalized spacial score (nSPS) is 15.3. The lowest BCUT2D eigenvalue weighted by atomic mass is 10.2. The molecule has 0 aromatic carbocycles. The maximum absolute atomic E-state index is 12.7. The van der Waals surface area contributed by atoms with Crippen molar-refractivity contribution >= 4 is 23.0 Å². The van der Waals surface area contributed by atoms with Gasteiger partial charge in [-0.1, -0.05) is 12.2 Å². The minimum absolute atomic E-state index is 0.255. The van der Waals surface area contributed by atoms with Gasteiger partial charge in [0.15, 0.2) is 0 Å². The zero-order valence-electron chi connectivity index (χ0n) is 10.2. The van der Waals surface area contributed by atoms with Gasteiger partial charge in [0.2, 0.25) is 0 Å². The Morgan fingerprint density at radius 3 is 2.68 bits per heavy atom. The molecule has 1 aliphatic rings. The van der Waals surface area contributed by atoms with Crippen LogP contribution >= 0.6 is 12.2 Å². The average Bonchev–Trinajstić information content (AvgIpc) is 3.13. The summed E-state index contributed by atoms with van der Waals surface area (Å²) in [4.78, 5) is 6.25. The van der Waals surface area contributed by atoms with Gasteiger partial charge in [-0.3, -0.25) is 0 Å².